The first kappa shape index (κ1) is 24.7. The van der Waals surface area contributed by atoms with Crippen LogP contribution in [-0.2, 0) is 17.8 Å². The molecule has 2 fully saturated rings. The molecule has 0 saturated carbocycles. The van der Waals surface area contributed by atoms with E-state index >= 15 is 0 Å². The standard InChI is InChI=1S/C28H25Cl2N5O3/c29-24-7-6-20(9-25(24)30)8-22-11-31-26(38-22)23-14-34(17-28(23)15-33(16-28)18-36)27(37)21-10-32-35(13-21)12-19-4-2-1-3-5-19/h1-7,9-11,13,18,23H,8,12,14-17H2. The van der Waals surface area contributed by atoms with Crippen LogP contribution in [0.5, 0.6) is 0 Å². The van der Waals surface area contributed by atoms with E-state index in [2.05, 4.69) is 10.1 Å². The van der Waals surface area contributed by atoms with Crippen LogP contribution in [0.3, 0.4) is 0 Å². The molecule has 0 radical (unpaired) electrons. The Morgan fingerprint density at radius 2 is 1.87 bits per heavy atom. The Labute approximate surface area is 229 Å². The van der Waals surface area contributed by atoms with E-state index in [0.717, 1.165) is 17.5 Å². The number of carbonyl (C=O) groups is 2. The number of amides is 2. The third-order valence-electron chi connectivity index (χ3n) is 7.42. The van der Waals surface area contributed by atoms with Gasteiger partial charge in [0.1, 0.15) is 5.76 Å². The number of carbonyl (C=O) groups excluding carboxylic acids is 2. The molecule has 1 spiro atoms. The number of benzene rings is 2. The van der Waals surface area contributed by atoms with Gasteiger partial charge in [-0.2, -0.15) is 5.10 Å². The lowest BCUT2D eigenvalue weighted by molar-refractivity contribution is -0.129. The normalized spacial score (nSPS) is 18.1. The van der Waals surface area contributed by atoms with Crippen LogP contribution in [0.15, 0.2) is 71.5 Å². The van der Waals surface area contributed by atoms with E-state index in [0.29, 0.717) is 66.4 Å². The third-order valence-corrected chi connectivity index (χ3v) is 8.16. The molecule has 8 nitrogen and oxygen atoms in total. The van der Waals surface area contributed by atoms with Crippen LogP contribution in [0, 0.1) is 5.41 Å². The minimum atomic E-state index is -0.289. The molecule has 2 aromatic carbocycles. The summed E-state index contributed by atoms with van der Waals surface area (Å²) in [7, 11) is 0. The average Bonchev–Trinajstić information content (AvgIpc) is 3.64. The van der Waals surface area contributed by atoms with Crippen LogP contribution < -0.4 is 0 Å². The summed E-state index contributed by atoms with van der Waals surface area (Å²) in [6.07, 6.45) is 6.50. The second-order valence-corrected chi connectivity index (χ2v) is 10.9. The zero-order valence-corrected chi connectivity index (χ0v) is 22.0. The molecule has 194 valence electrons. The number of halogens is 2. The fraction of sp³-hybridized carbons (Fsp3) is 0.286. The van der Waals surface area contributed by atoms with E-state index in [4.69, 9.17) is 27.6 Å². The topological polar surface area (TPSA) is 84.5 Å². The van der Waals surface area contributed by atoms with Crippen molar-refractivity contribution in [3.8, 4) is 0 Å². The van der Waals surface area contributed by atoms with Gasteiger partial charge in [0.15, 0.2) is 5.89 Å². The molecule has 2 aliphatic heterocycles. The SMILES string of the molecule is O=CN1CC2(C1)CN(C(=O)c1cnn(Cc3ccccc3)c1)CC2c1ncc(Cc2ccc(Cl)c(Cl)c2)o1. The van der Waals surface area contributed by atoms with E-state index in [1.807, 2.05) is 47.4 Å². The molecule has 0 N–H and O–H groups in total. The number of nitrogens with zero attached hydrogens (tertiary/aromatic N) is 5. The molecule has 2 aromatic heterocycles. The Bertz CT molecular complexity index is 1480. The van der Waals surface area contributed by atoms with Crippen LogP contribution in [0.2, 0.25) is 10.0 Å². The van der Waals surface area contributed by atoms with Crippen molar-refractivity contribution in [3.63, 3.8) is 0 Å². The van der Waals surface area contributed by atoms with Gasteiger partial charge in [0.05, 0.1) is 40.5 Å². The molecule has 4 aromatic rings. The number of rotatable bonds is 7. The summed E-state index contributed by atoms with van der Waals surface area (Å²) in [6.45, 7) is 2.69. The molecule has 10 heteroatoms. The van der Waals surface area contributed by atoms with E-state index in [1.54, 1.807) is 34.2 Å². The highest BCUT2D eigenvalue weighted by Crippen LogP contribution is 2.48. The van der Waals surface area contributed by atoms with Gasteiger partial charge in [-0.3, -0.25) is 14.3 Å². The fourth-order valence-corrected chi connectivity index (χ4v) is 5.87. The van der Waals surface area contributed by atoms with Crippen molar-refractivity contribution in [1.29, 1.82) is 0 Å². The van der Waals surface area contributed by atoms with Crippen molar-refractivity contribution < 1.29 is 14.0 Å². The number of oxazole rings is 1. The number of hydrogen-bond donors (Lipinski definition) is 0. The number of aromatic nitrogens is 3. The Kier molecular flexibility index (Phi) is 6.45. The molecular formula is C28H25Cl2N5O3. The predicted molar refractivity (Wildman–Crippen MR) is 142 cm³/mol. The molecule has 38 heavy (non-hydrogen) atoms. The first-order chi connectivity index (χ1) is 18.4. The van der Waals surface area contributed by atoms with Gasteiger partial charge in [0.25, 0.3) is 5.91 Å². The van der Waals surface area contributed by atoms with Gasteiger partial charge in [-0.1, -0.05) is 59.6 Å². The third kappa shape index (κ3) is 4.70. The molecule has 0 aliphatic carbocycles. The molecular weight excluding hydrogens is 525 g/mol. The van der Waals surface area contributed by atoms with Crippen molar-refractivity contribution in [2.75, 3.05) is 26.2 Å². The Balaban J connectivity index is 1.19. The maximum absolute atomic E-state index is 13.5. The van der Waals surface area contributed by atoms with E-state index < -0.39 is 0 Å². The molecule has 2 aliphatic rings. The molecule has 2 amide bonds. The summed E-state index contributed by atoms with van der Waals surface area (Å²) in [6, 6.07) is 15.5. The van der Waals surface area contributed by atoms with Gasteiger partial charge in [-0.05, 0) is 23.3 Å². The predicted octanol–water partition coefficient (Wildman–Crippen LogP) is 4.52. The van der Waals surface area contributed by atoms with Crippen LogP contribution in [0.25, 0.3) is 0 Å². The molecule has 4 heterocycles. The van der Waals surface area contributed by atoms with Crippen molar-refractivity contribution >= 4 is 35.5 Å². The summed E-state index contributed by atoms with van der Waals surface area (Å²) >= 11 is 12.2. The highest BCUT2D eigenvalue weighted by Gasteiger charge is 2.57. The van der Waals surface area contributed by atoms with Crippen LogP contribution in [-0.4, -0.2) is 63.1 Å². The minimum Gasteiger partial charge on any atom is -0.445 e. The van der Waals surface area contributed by atoms with Gasteiger partial charge >= 0.3 is 0 Å². The van der Waals surface area contributed by atoms with E-state index in [9.17, 15) is 9.59 Å². The Morgan fingerprint density at radius 3 is 2.63 bits per heavy atom. The number of likely N-dealkylation sites (tertiary alicyclic amines) is 2. The zero-order valence-electron chi connectivity index (χ0n) is 20.5. The summed E-state index contributed by atoms with van der Waals surface area (Å²) < 4.78 is 7.97. The minimum absolute atomic E-state index is 0.0849. The summed E-state index contributed by atoms with van der Waals surface area (Å²) in [4.78, 5) is 33.0. The first-order valence-electron chi connectivity index (χ1n) is 12.4. The van der Waals surface area contributed by atoms with Crippen molar-refractivity contribution in [2.24, 2.45) is 5.41 Å². The van der Waals surface area contributed by atoms with E-state index in [1.165, 1.54) is 0 Å². The van der Waals surface area contributed by atoms with Crippen molar-refractivity contribution in [2.45, 2.75) is 18.9 Å². The molecule has 2 saturated heterocycles. The molecule has 1 atom stereocenters. The summed E-state index contributed by atoms with van der Waals surface area (Å²) in [5, 5.41) is 5.39. The lowest BCUT2D eigenvalue weighted by atomic mass is 9.72. The maximum atomic E-state index is 13.5. The lowest BCUT2D eigenvalue weighted by Gasteiger charge is -2.48. The fourth-order valence-electron chi connectivity index (χ4n) is 5.55. The molecule has 0 bridgehead atoms. The Hall–Kier alpha value is -3.62. The first-order valence-corrected chi connectivity index (χ1v) is 13.1. The summed E-state index contributed by atoms with van der Waals surface area (Å²) in [5.74, 6) is 1.08. The smallest absolute Gasteiger partial charge is 0.257 e. The maximum Gasteiger partial charge on any atom is 0.257 e. The van der Waals surface area contributed by atoms with E-state index in [-0.39, 0.29) is 17.2 Å². The largest absolute Gasteiger partial charge is 0.445 e. The second kappa shape index (κ2) is 9.93. The second-order valence-electron chi connectivity index (χ2n) is 10.1. The van der Waals surface area contributed by atoms with Crippen molar-refractivity contribution in [3.05, 3.63) is 106 Å². The quantitative estimate of drug-likeness (QED) is 0.316. The van der Waals surface area contributed by atoms with Crippen LogP contribution >= 0.6 is 23.2 Å². The average molecular weight is 550 g/mol. The molecule has 1 unspecified atom stereocenters. The van der Waals surface area contributed by atoms with Gasteiger partial charge in [0.2, 0.25) is 6.41 Å². The Morgan fingerprint density at radius 1 is 1.05 bits per heavy atom. The van der Waals surface area contributed by atoms with Gasteiger partial charge in [-0.15, -0.1) is 0 Å². The highest BCUT2D eigenvalue weighted by atomic mass is 35.5. The van der Waals surface area contributed by atoms with Gasteiger partial charge in [-0.25, -0.2) is 4.98 Å². The van der Waals surface area contributed by atoms with Crippen LogP contribution in [0.1, 0.15) is 39.1 Å². The lowest BCUT2D eigenvalue weighted by Crippen LogP contribution is -2.59. The van der Waals surface area contributed by atoms with Gasteiger partial charge < -0.3 is 14.2 Å². The van der Waals surface area contributed by atoms with Crippen molar-refractivity contribution in [1.82, 2.24) is 24.6 Å². The number of hydrogen-bond acceptors (Lipinski definition) is 5. The highest BCUT2D eigenvalue weighted by molar-refractivity contribution is 6.42. The molecule has 6 rings (SSSR count). The summed E-state index contributed by atoms with van der Waals surface area (Å²) in [5.41, 5.74) is 2.32. The van der Waals surface area contributed by atoms with Gasteiger partial charge in [0, 0.05) is 44.2 Å². The monoisotopic (exact) mass is 549 g/mol. The zero-order chi connectivity index (χ0) is 26.3. The van der Waals surface area contributed by atoms with Crippen LogP contribution in [0.4, 0.5) is 0 Å².